The number of nitrogens with one attached hydrogen (secondary N) is 1. The third-order valence-corrected chi connectivity index (χ3v) is 4.15. The van der Waals surface area contributed by atoms with E-state index >= 15 is 0 Å². The third kappa shape index (κ3) is 5.13. The number of thioether (sulfide) groups is 1. The molecule has 0 fully saturated rings. The zero-order chi connectivity index (χ0) is 17.7. The van der Waals surface area contributed by atoms with Gasteiger partial charge in [0.25, 0.3) is 5.91 Å². The quantitative estimate of drug-likeness (QED) is 0.829. The topological polar surface area (TPSA) is 92.4 Å². The second kappa shape index (κ2) is 7.53. The normalized spacial score (nSPS) is 11.3. The van der Waals surface area contributed by atoms with Crippen LogP contribution in [-0.2, 0) is 16.0 Å². The van der Waals surface area contributed by atoms with Crippen LogP contribution in [0.3, 0.4) is 0 Å². The van der Waals surface area contributed by atoms with Gasteiger partial charge in [0.1, 0.15) is 5.76 Å². The van der Waals surface area contributed by atoms with E-state index in [1.807, 2.05) is 39.0 Å². The lowest BCUT2D eigenvalue weighted by atomic mass is 9.93. The van der Waals surface area contributed by atoms with E-state index in [1.54, 1.807) is 12.1 Å². The second-order valence-corrected chi connectivity index (χ2v) is 7.35. The van der Waals surface area contributed by atoms with Crippen LogP contribution in [0.5, 0.6) is 0 Å². The molecule has 0 aliphatic carbocycles. The molecular weight excluding hydrogens is 328 g/mol. The molecule has 2 aromatic rings. The van der Waals surface area contributed by atoms with Crippen molar-refractivity contribution >= 4 is 29.3 Å². The predicted octanol–water partition coefficient (Wildman–Crippen LogP) is 3.54. The van der Waals surface area contributed by atoms with Gasteiger partial charge in [0, 0.05) is 22.9 Å². The Morgan fingerprint density at radius 2 is 2.04 bits per heavy atom. The number of carboxylic acids is 1. The summed E-state index contributed by atoms with van der Waals surface area (Å²) in [6, 6.07) is 8.93. The van der Waals surface area contributed by atoms with Crippen LogP contribution in [-0.4, -0.2) is 27.9 Å². The lowest BCUT2D eigenvalue weighted by molar-refractivity contribution is -0.133. The van der Waals surface area contributed by atoms with Gasteiger partial charge in [-0.05, 0) is 17.7 Å². The van der Waals surface area contributed by atoms with Crippen LogP contribution in [0.25, 0.3) is 0 Å². The number of nitrogens with zero attached hydrogens (tertiary/aromatic N) is 1. The third-order valence-electron chi connectivity index (χ3n) is 3.16. The van der Waals surface area contributed by atoms with Gasteiger partial charge in [-0.2, -0.15) is 0 Å². The van der Waals surface area contributed by atoms with Gasteiger partial charge in [-0.3, -0.25) is 9.59 Å². The zero-order valence-corrected chi connectivity index (χ0v) is 14.6. The van der Waals surface area contributed by atoms with Crippen LogP contribution in [0.4, 0.5) is 5.69 Å². The molecule has 0 spiro atoms. The average molecular weight is 348 g/mol. The Morgan fingerprint density at radius 1 is 1.29 bits per heavy atom. The molecule has 2 N–H and O–H groups in total. The van der Waals surface area contributed by atoms with Gasteiger partial charge in [0.2, 0.25) is 0 Å². The van der Waals surface area contributed by atoms with Crippen molar-refractivity contribution in [3.63, 3.8) is 0 Å². The average Bonchev–Trinajstić information content (AvgIpc) is 2.97. The van der Waals surface area contributed by atoms with E-state index in [1.165, 1.54) is 11.8 Å². The van der Waals surface area contributed by atoms with Gasteiger partial charge in [0.15, 0.2) is 5.69 Å². The second-order valence-electron chi connectivity index (χ2n) is 6.37. The lowest BCUT2D eigenvalue weighted by Gasteiger charge is -2.12. The Kier molecular flexibility index (Phi) is 5.66. The van der Waals surface area contributed by atoms with E-state index in [9.17, 15) is 9.59 Å². The molecule has 1 aromatic carbocycles. The summed E-state index contributed by atoms with van der Waals surface area (Å²) in [6.07, 6.45) is 0. The number of hydrogen-bond acceptors (Lipinski definition) is 5. The van der Waals surface area contributed by atoms with E-state index in [2.05, 4.69) is 10.5 Å². The van der Waals surface area contributed by atoms with E-state index < -0.39 is 5.97 Å². The minimum atomic E-state index is -0.842. The number of rotatable bonds is 6. The molecule has 128 valence electrons. The fourth-order valence-electron chi connectivity index (χ4n) is 1.93. The number of aliphatic carboxylic acids is 1. The van der Waals surface area contributed by atoms with Gasteiger partial charge in [-0.15, -0.1) is 11.8 Å². The molecule has 1 aromatic heterocycles. The van der Waals surface area contributed by atoms with Crippen LogP contribution >= 0.6 is 11.8 Å². The van der Waals surface area contributed by atoms with Crippen molar-refractivity contribution in [2.45, 2.75) is 31.9 Å². The summed E-state index contributed by atoms with van der Waals surface area (Å²) < 4.78 is 5.22. The summed E-state index contributed by atoms with van der Waals surface area (Å²) in [4.78, 5) is 22.8. The van der Waals surface area contributed by atoms with Crippen LogP contribution < -0.4 is 5.32 Å². The summed E-state index contributed by atoms with van der Waals surface area (Å²) >= 11 is 1.30. The fraction of sp³-hybridized carbons (Fsp3) is 0.353. The standard InChI is InChI=1S/C17H20N2O4S/c1-17(2,3)14-8-13(19-23-14)16(22)18-12-6-4-5-11(7-12)9-24-10-15(20)21/h4-8H,9-10H2,1-3H3,(H,18,22)(H,20,21). The van der Waals surface area contributed by atoms with E-state index in [0.29, 0.717) is 17.2 Å². The molecule has 6 nitrogen and oxygen atoms in total. The highest BCUT2D eigenvalue weighted by atomic mass is 32.2. The number of carbonyl (C=O) groups is 2. The zero-order valence-electron chi connectivity index (χ0n) is 13.8. The highest BCUT2D eigenvalue weighted by Gasteiger charge is 2.22. The van der Waals surface area contributed by atoms with Crippen molar-refractivity contribution in [2.24, 2.45) is 0 Å². The van der Waals surface area contributed by atoms with E-state index in [0.717, 1.165) is 5.56 Å². The van der Waals surface area contributed by atoms with E-state index in [-0.39, 0.29) is 22.8 Å². The molecule has 2 rings (SSSR count). The first-order valence-corrected chi connectivity index (χ1v) is 8.58. The molecule has 0 unspecified atom stereocenters. The first kappa shape index (κ1) is 18.1. The van der Waals surface area contributed by atoms with Crippen molar-refractivity contribution in [3.8, 4) is 0 Å². The minimum absolute atomic E-state index is 0.0467. The summed E-state index contributed by atoms with van der Waals surface area (Å²) in [7, 11) is 0. The molecule has 0 saturated carbocycles. The first-order valence-electron chi connectivity index (χ1n) is 7.43. The molecule has 1 amide bonds. The summed E-state index contributed by atoms with van der Waals surface area (Å²) in [6.45, 7) is 5.94. The van der Waals surface area contributed by atoms with Crippen molar-refractivity contribution in [3.05, 3.63) is 47.3 Å². The number of carboxylic acid groups (broad SMARTS) is 1. The van der Waals surface area contributed by atoms with Gasteiger partial charge in [-0.25, -0.2) is 0 Å². The Labute approximate surface area is 144 Å². The molecule has 1 heterocycles. The molecule has 0 atom stereocenters. The monoisotopic (exact) mass is 348 g/mol. The van der Waals surface area contributed by atoms with Crippen LogP contribution in [0.2, 0.25) is 0 Å². The van der Waals surface area contributed by atoms with Gasteiger partial charge >= 0.3 is 5.97 Å². The maximum Gasteiger partial charge on any atom is 0.313 e. The maximum absolute atomic E-state index is 12.3. The van der Waals surface area contributed by atoms with Crippen molar-refractivity contribution in [2.75, 3.05) is 11.1 Å². The number of amides is 1. The molecule has 24 heavy (non-hydrogen) atoms. The van der Waals surface area contributed by atoms with E-state index in [4.69, 9.17) is 9.63 Å². The molecule has 7 heteroatoms. The number of carbonyl (C=O) groups excluding carboxylic acids is 1. The fourth-order valence-corrected chi connectivity index (χ4v) is 2.62. The molecule has 0 aliphatic heterocycles. The summed E-state index contributed by atoms with van der Waals surface area (Å²) in [5.74, 6) is 0.0698. The highest BCUT2D eigenvalue weighted by Crippen LogP contribution is 2.23. The number of hydrogen-bond donors (Lipinski definition) is 2. The van der Waals surface area contributed by atoms with Gasteiger partial charge < -0.3 is 14.9 Å². The molecule has 0 aliphatic rings. The van der Waals surface area contributed by atoms with Crippen molar-refractivity contribution < 1.29 is 19.2 Å². The smallest absolute Gasteiger partial charge is 0.313 e. The predicted molar refractivity (Wildman–Crippen MR) is 93.4 cm³/mol. The Bertz CT molecular complexity index is 734. The highest BCUT2D eigenvalue weighted by molar-refractivity contribution is 7.99. The van der Waals surface area contributed by atoms with Crippen molar-refractivity contribution in [1.29, 1.82) is 0 Å². The Hall–Kier alpha value is -2.28. The molecular formula is C17H20N2O4S. The van der Waals surface area contributed by atoms with Crippen LogP contribution in [0.1, 0.15) is 42.6 Å². The lowest BCUT2D eigenvalue weighted by Crippen LogP contribution is -2.13. The SMILES string of the molecule is CC(C)(C)c1cc(C(=O)Nc2cccc(CSCC(=O)O)c2)no1. The maximum atomic E-state index is 12.3. The number of aromatic nitrogens is 1. The number of benzene rings is 1. The van der Waals surface area contributed by atoms with Crippen LogP contribution in [0.15, 0.2) is 34.9 Å². The molecule has 0 saturated heterocycles. The first-order chi connectivity index (χ1) is 11.3. The van der Waals surface area contributed by atoms with Crippen molar-refractivity contribution in [1.82, 2.24) is 5.16 Å². The Morgan fingerprint density at radius 3 is 2.67 bits per heavy atom. The Balaban J connectivity index is 2.01. The largest absolute Gasteiger partial charge is 0.481 e. The minimum Gasteiger partial charge on any atom is -0.481 e. The number of anilines is 1. The summed E-state index contributed by atoms with van der Waals surface area (Å²) in [5, 5.41) is 15.2. The molecule has 0 bridgehead atoms. The van der Waals surface area contributed by atoms with Gasteiger partial charge in [-0.1, -0.05) is 38.1 Å². The van der Waals surface area contributed by atoms with Gasteiger partial charge in [0.05, 0.1) is 5.75 Å². The molecule has 0 radical (unpaired) electrons. The summed E-state index contributed by atoms with van der Waals surface area (Å²) in [5.41, 5.74) is 1.58. The van der Waals surface area contributed by atoms with Crippen LogP contribution in [0, 0.1) is 0 Å².